The van der Waals surface area contributed by atoms with Gasteiger partial charge in [0.2, 0.25) is 0 Å². The maximum absolute atomic E-state index is 12.6. The minimum absolute atomic E-state index is 0.148. The summed E-state index contributed by atoms with van der Waals surface area (Å²) in [7, 11) is 0. The zero-order chi connectivity index (χ0) is 15.4. The fraction of sp³-hybridized carbons (Fsp3) is 0.250. The second-order valence-electron chi connectivity index (χ2n) is 4.97. The molecule has 0 saturated carbocycles. The molecular weight excluding hydrogens is 286 g/mol. The summed E-state index contributed by atoms with van der Waals surface area (Å²) in [5.74, 6) is -1.71. The summed E-state index contributed by atoms with van der Waals surface area (Å²) in [6.45, 7) is 3.72. The molecule has 0 saturated heterocycles. The van der Waals surface area contributed by atoms with Crippen molar-refractivity contribution in [2.24, 2.45) is 5.92 Å². The highest BCUT2D eigenvalue weighted by molar-refractivity contribution is 7.12. The van der Waals surface area contributed by atoms with Crippen LogP contribution >= 0.6 is 11.3 Å². The number of nitrogens with zero attached hydrogens (tertiary/aromatic N) is 1. The molecule has 2 rings (SSSR count). The third-order valence-electron chi connectivity index (χ3n) is 3.20. The average Bonchev–Trinajstić information content (AvgIpc) is 2.99. The predicted molar refractivity (Wildman–Crippen MR) is 84.0 cm³/mol. The van der Waals surface area contributed by atoms with Crippen molar-refractivity contribution in [1.82, 2.24) is 0 Å². The Kier molecular flexibility index (Phi) is 4.75. The first-order chi connectivity index (χ1) is 9.99. The summed E-state index contributed by atoms with van der Waals surface area (Å²) in [6, 6.07) is 11.1. The van der Waals surface area contributed by atoms with Crippen LogP contribution in [0.1, 0.15) is 22.2 Å². The molecule has 0 spiro atoms. The summed E-state index contributed by atoms with van der Waals surface area (Å²) in [5, 5.41) is 10.9. The number of carbonyl (C=O) groups is 2. The molecule has 0 bridgehead atoms. The quantitative estimate of drug-likeness (QED) is 0.920. The molecule has 0 aliphatic rings. The summed E-state index contributed by atoms with van der Waals surface area (Å²) < 4.78 is 0. The lowest BCUT2D eigenvalue weighted by Gasteiger charge is -2.24. The number of anilines is 1. The molecule has 1 aromatic heterocycles. The van der Waals surface area contributed by atoms with Gasteiger partial charge >= 0.3 is 5.97 Å². The Hall–Kier alpha value is -2.14. The van der Waals surface area contributed by atoms with E-state index in [1.807, 2.05) is 42.6 Å². The molecule has 0 aliphatic heterocycles. The monoisotopic (exact) mass is 303 g/mol. The molecular formula is C16H17NO3S. The van der Waals surface area contributed by atoms with Crippen molar-refractivity contribution in [3.8, 4) is 0 Å². The third-order valence-corrected chi connectivity index (χ3v) is 4.06. The van der Waals surface area contributed by atoms with Crippen molar-refractivity contribution < 1.29 is 14.7 Å². The van der Waals surface area contributed by atoms with Crippen molar-refractivity contribution in [2.75, 3.05) is 11.4 Å². The highest BCUT2D eigenvalue weighted by Gasteiger charge is 2.23. The lowest BCUT2D eigenvalue weighted by Crippen LogP contribution is -2.36. The average molecular weight is 303 g/mol. The smallest absolute Gasteiger partial charge is 0.308 e. The molecule has 21 heavy (non-hydrogen) atoms. The lowest BCUT2D eigenvalue weighted by molar-refractivity contribution is -0.140. The number of amides is 1. The number of carbonyl (C=O) groups excluding carboxylic acids is 1. The topological polar surface area (TPSA) is 57.6 Å². The lowest BCUT2D eigenvalue weighted by atomic mass is 10.1. The largest absolute Gasteiger partial charge is 0.481 e. The molecule has 0 radical (unpaired) electrons. The summed E-state index contributed by atoms with van der Waals surface area (Å²) >= 11 is 1.35. The minimum atomic E-state index is -0.911. The second-order valence-corrected chi connectivity index (χ2v) is 5.92. The predicted octanol–water partition coefficient (Wildman–Crippen LogP) is 3.42. The van der Waals surface area contributed by atoms with Crippen LogP contribution in [0.15, 0.2) is 41.8 Å². The Morgan fingerprint density at radius 1 is 1.24 bits per heavy atom. The molecule has 4 nitrogen and oxygen atoms in total. The molecule has 1 unspecified atom stereocenters. The van der Waals surface area contributed by atoms with E-state index in [0.29, 0.717) is 10.6 Å². The molecule has 1 heterocycles. The fourth-order valence-electron chi connectivity index (χ4n) is 1.92. The maximum atomic E-state index is 12.6. The number of aryl methyl sites for hydroxylation is 1. The van der Waals surface area contributed by atoms with E-state index >= 15 is 0 Å². The highest BCUT2D eigenvalue weighted by Crippen LogP contribution is 2.21. The van der Waals surface area contributed by atoms with Crippen LogP contribution in [0.3, 0.4) is 0 Å². The number of carboxylic acid groups (broad SMARTS) is 1. The molecule has 1 N–H and O–H groups in total. The number of thiophene rings is 1. The van der Waals surface area contributed by atoms with Gasteiger partial charge in [-0.25, -0.2) is 0 Å². The van der Waals surface area contributed by atoms with Crippen LogP contribution < -0.4 is 4.90 Å². The van der Waals surface area contributed by atoms with Gasteiger partial charge < -0.3 is 10.0 Å². The zero-order valence-corrected chi connectivity index (χ0v) is 12.8. The SMILES string of the molecule is Cc1ccc(N(CC(C)C(=O)O)C(=O)c2cccs2)cc1. The van der Waals surface area contributed by atoms with Gasteiger partial charge in [-0.2, -0.15) is 0 Å². The molecule has 2 aromatic rings. The van der Waals surface area contributed by atoms with Crippen molar-refractivity contribution in [3.05, 3.63) is 52.2 Å². The van der Waals surface area contributed by atoms with Crippen LogP contribution in [0.4, 0.5) is 5.69 Å². The van der Waals surface area contributed by atoms with Crippen LogP contribution in [0, 0.1) is 12.8 Å². The Morgan fingerprint density at radius 3 is 2.43 bits per heavy atom. The number of hydrogen-bond donors (Lipinski definition) is 1. The zero-order valence-electron chi connectivity index (χ0n) is 11.9. The molecule has 0 fully saturated rings. The number of benzene rings is 1. The Morgan fingerprint density at radius 2 is 1.90 bits per heavy atom. The van der Waals surface area contributed by atoms with Gasteiger partial charge in [-0.15, -0.1) is 11.3 Å². The van der Waals surface area contributed by atoms with Gasteiger partial charge in [-0.05, 0) is 30.5 Å². The van der Waals surface area contributed by atoms with Crippen LogP contribution in [0.2, 0.25) is 0 Å². The van der Waals surface area contributed by atoms with Gasteiger partial charge in [0.05, 0.1) is 10.8 Å². The van der Waals surface area contributed by atoms with E-state index in [-0.39, 0.29) is 12.5 Å². The molecule has 1 amide bonds. The van der Waals surface area contributed by atoms with E-state index in [1.54, 1.807) is 13.0 Å². The van der Waals surface area contributed by atoms with Crippen molar-refractivity contribution >= 4 is 28.9 Å². The molecule has 1 aromatic carbocycles. The van der Waals surface area contributed by atoms with Crippen LogP contribution in [0.25, 0.3) is 0 Å². The van der Waals surface area contributed by atoms with Crippen LogP contribution in [-0.4, -0.2) is 23.5 Å². The van der Waals surface area contributed by atoms with E-state index < -0.39 is 11.9 Å². The van der Waals surface area contributed by atoms with Crippen molar-refractivity contribution in [3.63, 3.8) is 0 Å². The van der Waals surface area contributed by atoms with E-state index in [1.165, 1.54) is 16.2 Å². The first-order valence-corrected chi connectivity index (χ1v) is 7.52. The molecule has 0 aliphatic carbocycles. The Balaban J connectivity index is 2.32. The highest BCUT2D eigenvalue weighted by atomic mass is 32.1. The van der Waals surface area contributed by atoms with Gasteiger partial charge in [0.1, 0.15) is 0 Å². The van der Waals surface area contributed by atoms with Crippen molar-refractivity contribution in [2.45, 2.75) is 13.8 Å². The number of rotatable bonds is 5. The Labute approximate surface area is 127 Å². The van der Waals surface area contributed by atoms with E-state index in [0.717, 1.165) is 5.56 Å². The number of carboxylic acids is 1. The first kappa shape index (κ1) is 15.3. The normalized spacial score (nSPS) is 11.9. The van der Waals surface area contributed by atoms with E-state index in [9.17, 15) is 9.59 Å². The van der Waals surface area contributed by atoms with Crippen LogP contribution in [0.5, 0.6) is 0 Å². The molecule has 5 heteroatoms. The van der Waals surface area contributed by atoms with E-state index in [4.69, 9.17) is 5.11 Å². The van der Waals surface area contributed by atoms with Gasteiger partial charge in [-0.3, -0.25) is 9.59 Å². The van der Waals surface area contributed by atoms with Crippen LogP contribution in [-0.2, 0) is 4.79 Å². The Bertz CT molecular complexity index is 619. The third kappa shape index (κ3) is 3.70. The minimum Gasteiger partial charge on any atom is -0.481 e. The molecule has 110 valence electrons. The fourth-order valence-corrected chi connectivity index (χ4v) is 2.59. The van der Waals surface area contributed by atoms with Gasteiger partial charge in [0, 0.05) is 12.2 Å². The van der Waals surface area contributed by atoms with Crippen molar-refractivity contribution in [1.29, 1.82) is 0 Å². The second kappa shape index (κ2) is 6.54. The van der Waals surface area contributed by atoms with Gasteiger partial charge in [0.25, 0.3) is 5.91 Å². The maximum Gasteiger partial charge on any atom is 0.308 e. The first-order valence-electron chi connectivity index (χ1n) is 6.64. The summed E-state index contributed by atoms with van der Waals surface area (Å²) in [6.07, 6.45) is 0. The van der Waals surface area contributed by atoms with Gasteiger partial charge in [-0.1, -0.05) is 30.7 Å². The standard InChI is InChI=1S/C16H17NO3S/c1-11-5-7-13(8-6-11)17(10-12(2)16(19)20)15(18)14-4-3-9-21-14/h3-9,12H,10H2,1-2H3,(H,19,20). The molecule has 1 atom stereocenters. The van der Waals surface area contributed by atoms with E-state index in [2.05, 4.69) is 0 Å². The number of aliphatic carboxylic acids is 1. The van der Waals surface area contributed by atoms with Gasteiger partial charge in [0.15, 0.2) is 0 Å². The summed E-state index contributed by atoms with van der Waals surface area (Å²) in [4.78, 5) is 25.8. The summed E-state index contributed by atoms with van der Waals surface area (Å²) in [5.41, 5.74) is 1.81. The number of hydrogen-bond acceptors (Lipinski definition) is 3.